The molecule has 0 aliphatic heterocycles. The Labute approximate surface area is 137 Å². The van der Waals surface area contributed by atoms with E-state index < -0.39 is 12.0 Å². The van der Waals surface area contributed by atoms with Crippen LogP contribution in [0.1, 0.15) is 52.9 Å². The first kappa shape index (κ1) is 17.7. The highest BCUT2D eigenvalue weighted by Crippen LogP contribution is 2.43. The van der Waals surface area contributed by atoms with E-state index in [1.807, 2.05) is 19.9 Å². The number of carboxylic acids is 1. The molecule has 5 atom stereocenters. The number of aliphatic carboxylic acids is 1. The Bertz CT molecular complexity index is 525. The SMILES string of the molecule is CC[C@H]1C=C(C(=O)N[C@H](C(=O)O)[C@H](C)CC)[C@H]2CCC(=O)[C@H]2C1. The van der Waals surface area contributed by atoms with Crippen LogP contribution in [0.2, 0.25) is 0 Å². The standard InChI is InChI=1S/C18H27NO4/c1-4-10(3)16(18(22)23)19-17(21)14-9-11(5-2)8-13-12(14)6-7-15(13)20/h9-13,16H,4-8H2,1-3H3,(H,19,21)(H,22,23)/t10-,11-,12+,13+,16+/m1/s1. The number of fused-ring (bicyclic) bond motifs is 1. The molecular weight excluding hydrogens is 294 g/mol. The van der Waals surface area contributed by atoms with Crippen molar-refractivity contribution in [3.05, 3.63) is 11.6 Å². The molecule has 0 radical (unpaired) electrons. The van der Waals surface area contributed by atoms with Crippen LogP contribution in [0.25, 0.3) is 0 Å². The van der Waals surface area contributed by atoms with E-state index in [1.165, 1.54) is 0 Å². The predicted molar refractivity (Wildman–Crippen MR) is 86.7 cm³/mol. The number of amides is 1. The fourth-order valence-electron chi connectivity index (χ4n) is 3.78. The predicted octanol–water partition coefficient (Wildman–Crippen LogP) is 2.55. The Morgan fingerprint density at radius 2 is 2.04 bits per heavy atom. The number of hydrogen-bond acceptors (Lipinski definition) is 3. The van der Waals surface area contributed by atoms with E-state index in [4.69, 9.17) is 0 Å². The summed E-state index contributed by atoms with van der Waals surface area (Å²) in [5, 5.41) is 12.1. The average molecular weight is 321 g/mol. The summed E-state index contributed by atoms with van der Waals surface area (Å²) in [6.45, 7) is 5.78. The lowest BCUT2D eigenvalue weighted by atomic mass is 9.74. The zero-order valence-corrected chi connectivity index (χ0v) is 14.2. The third-order valence-corrected chi connectivity index (χ3v) is 5.52. The van der Waals surface area contributed by atoms with Gasteiger partial charge >= 0.3 is 5.97 Å². The van der Waals surface area contributed by atoms with E-state index >= 15 is 0 Å². The Balaban J connectivity index is 2.20. The molecule has 0 unspecified atom stereocenters. The third-order valence-electron chi connectivity index (χ3n) is 5.52. The van der Waals surface area contributed by atoms with Crippen molar-refractivity contribution in [3.8, 4) is 0 Å². The lowest BCUT2D eigenvalue weighted by Gasteiger charge is -2.31. The van der Waals surface area contributed by atoms with Crippen molar-refractivity contribution in [2.24, 2.45) is 23.7 Å². The minimum Gasteiger partial charge on any atom is -0.480 e. The summed E-state index contributed by atoms with van der Waals surface area (Å²) in [7, 11) is 0. The summed E-state index contributed by atoms with van der Waals surface area (Å²) < 4.78 is 0. The summed E-state index contributed by atoms with van der Waals surface area (Å²) in [5.74, 6) is -1.05. The molecule has 5 nitrogen and oxygen atoms in total. The first-order valence-electron chi connectivity index (χ1n) is 8.67. The molecule has 0 aromatic heterocycles. The van der Waals surface area contributed by atoms with Crippen LogP contribution in [0.15, 0.2) is 11.6 Å². The van der Waals surface area contributed by atoms with Crippen LogP contribution in [0.3, 0.4) is 0 Å². The number of allylic oxidation sites excluding steroid dienone is 1. The van der Waals surface area contributed by atoms with Crippen LogP contribution in [-0.4, -0.2) is 28.8 Å². The number of Topliss-reactive ketones (excluding diaryl/α,β-unsaturated/α-hetero) is 1. The van der Waals surface area contributed by atoms with Crippen LogP contribution >= 0.6 is 0 Å². The molecule has 23 heavy (non-hydrogen) atoms. The molecule has 0 bridgehead atoms. The summed E-state index contributed by atoms with van der Waals surface area (Å²) in [5.41, 5.74) is 0.633. The molecule has 2 rings (SSSR count). The molecule has 5 heteroatoms. The largest absolute Gasteiger partial charge is 0.480 e. The van der Waals surface area contributed by atoms with Crippen molar-refractivity contribution in [1.29, 1.82) is 0 Å². The number of carbonyl (C=O) groups excluding carboxylic acids is 2. The van der Waals surface area contributed by atoms with Gasteiger partial charge in [0.15, 0.2) is 0 Å². The number of carbonyl (C=O) groups is 3. The van der Waals surface area contributed by atoms with Gasteiger partial charge in [0, 0.05) is 17.9 Å². The molecule has 1 amide bonds. The molecule has 0 aromatic carbocycles. The van der Waals surface area contributed by atoms with Gasteiger partial charge in [-0.25, -0.2) is 4.79 Å². The third kappa shape index (κ3) is 3.65. The number of carboxylic acid groups (broad SMARTS) is 1. The van der Waals surface area contributed by atoms with Crippen molar-refractivity contribution in [1.82, 2.24) is 5.32 Å². The molecule has 2 aliphatic carbocycles. The van der Waals surface area contributed by atoms with Gasteiger partial charge in [0.25, 0.3) is 0 Å². The molecule has 0 heterocycles. The fraction of sp³-hybridized carbons (Fsp3) is 0.722. The molecular formula is C18H27NO4. The highest BCUT2D eigenvalue weighted by molar-refractivity contribution is 5.98. The van der Waals surface area contributed by atoms with E-state index in [0.29, 0.717) is 24.8 Å². The van der Waals surface area contributed by atoms with Gasteiger partial charge in [-0.1, -0.05) is 33.3 Å². The van der Waals surface area contributed by atoms with Gasteiger partial charge < -0.3 is 10.4 Å². The monoisotopic (exact) mass is 321 g/mol. The van der Waals surface area contributed by atoms with Gasteiger partial charge in [-0.05, 0) is 37.0 Å². The molecule has 0 spiro atoms. The summed E-state index contributed by atoms with van der Waals surface area (Å²) in [6.07, 6.45) is 5.61. The van der Waals surface area contributed by atoms with Crippen LogP contribution in [-0.2, 0) is 14.4 Å². The zero-order valence-electron chi connectivity index (χ0n) is 14.2. The molecule has 128 valence electrons. The van der Waals surface area contributed by atoms with Gasteiger partial charge in [-0.2, -0.15) is 0 Å². The molecule has 1 fully saturated rings. The van der Waals surface area contributed by atoms with E-state index in [2.05, 4.69) is 12.2 Å². The number of hydrogen-bond donors (Lipinski definition) is 2. The maximum Gasteiger partial charge on any atom is 0.326 e. The highest BCUT2D eigenvalue weighted by Gasteiger charge is 2.43. The zero-order chi connectivity index (χ0) is 17.1. The first-order chi connectivity index (χ1) is 10.9. The molecule has 2 aliphatic rings. The fourth-order valence-corrected chi connectivity index (χ4v) is 3.78. The molecule has 2 N–H and O–H groups in total. The van der Waals surface area contributed by atoms with Gasteiger partial charge in [-0.15, -0.1) is 0 Å². The van der Waals surface area contributed by atoms with E-state index in [1.54, 1.807) is 0 Å². The first-order valence-corrected chi connectivity index (χ1v) is 8.67. The van der Waals surface area contributed by atoms with Crippen LogP contribution in [0.5, 0.6) is 0 Å². The second-order valence-electron chi connectivity index (χ2n) is 6.92. The van der Waals surface area contributed by atoms with Crippen molar-refractivity contribution in [3.63, 3.8) is 0 Å². The van der Waals surface area contributed by atoms with Gasteiger partial charge in [0.1, 0.15) is 11.8 Å². The van der Waals surface area contributed by atoms with Crippen molar-refractivity contribution < 1.29 is 19.5 Å². The summed E-state index contributed by atoms with van der Waals surface area (Å²) in [6, 6.07) is -0.883. The number of rotatable bonds is 6. The number of ketones is 1. The minimum atomic E-state index is -1.00. The summed E-state index contributed by atoms with van der Waals surface area (Å²) in [4.78, 5) is 36.2. The van der Waals surface area contributed by atoms with E-state index in [0.717, 1.165) is 12.8 Å². The van der Waals surface area contributed by atoms with Crippen molar-refractivity contribution >= 4 is 17.7 Å². The summed E-state index contributed by atoms with van der Waals surface area (Å²) >= 11 is 0. The van der Waals surface area contributed by atoms with Gasteiger partial charge in [0.05, 0.1) is 0 Å². The van der Waals surface area contributed by atoms with Crippen LogP contribution < -0.4 is 5.32 Å². The smallest absolute Gasteiger partial charge is 0.326 e. The second-order valence-corrected chi connectivity index (χ2v) is 6.92. The Morgan fingerprint density at radius 1 is 1.35 bits per heavy atom. The van der Waals surface area contributed by atoms with E-state index in [-0.39, 0.29) is 35.4 Å². The van der Waals surface area contributed by atoms with Gasteiger partial charge in [-0.3, -0.25) is 9.59 Å². The van der Waals surface area contributed by atoms with Crippen molar-refractivity contribution in [2.75, 3.05) is 0 Å². The lowest BCUT2D eigenvalue weighted by Crippen LogP contribution is -2.47. The quantitative estimate of drug-likeness (QED) is 0.787. The highest BCUT2D eigenvalue weighted by atomic mass is 16.4. The van der Waals surface area contributed by atoms with Crippen molar-refractivity contribution in [2.45, 2.75) is 58.9 Å². The maximum absolute atomic E-state index is 12.7. The Morgan fingerprint density at radius 3 is 2.61 bits per heavy atom. The molecule has 0 saturated heterocycles. The van der Waals surface area contributed by atoms with E-state index in [9.17, 15) is 19.5 Å². The Kier molecular flexibility index (Phi) is 5.60. The van der Waals surface area contributed by atoms with Crippen LogP contribution in [0, 0.1) is 23.7 Å². The lowest BCUT2D eigenvalue weighted by molar-refractivity contribution is -0.143. The number of nitrogens with one attached hydrogen (secondary N) is 1. The molecule has 0 aromatic rings. The minimum absolute atomic E-state index is 0.0309. The normalized spacial score (nSPS) is 29.4. The average Bonchev–Trinajstić information content (AvgIpc) is 2.91. The maximum atomic E-state index is 12.7. The second kappa shape index (κ2) is 7.28. The van der Waals surface area contributed by atoms with Gasteiger partial charge in [0.2, 0.25) is 5.91 Å². The van der Waals surface area contributed by atoms with Crippen LogP contribution in [0.4, 0.5) is 0 Å². The molecule has 1 saturated carbocycles. The Hall–Kier alpha value is -1.65. The topological polar surface area (TPSA) is 83.5 Å².